The molecule has 0 radical (unpaired) electrons. The molecule has 0 spiro atoms. The van der Waals surface area contributed by atoms with Crippen LogP contribution in [0, 0.1) is 10.1 Å². The molecule has 4 rings (SSSR count). The maximum Gasteiger partial charge on any atom is 0.269 e. The molecule has 1 aliphatic heterocycles. The van der Waals surface area contributed by atoms with Crippen LogP contribution in [-0.4, -0.2) is 39.2 Å². The van der Waals surface area contributed by atoms with E-state index in [-0.39, 0.29) is 17.4 Å². The van der Waals surface area contributed by atoms with Gasteiger partial charge in [0, 0.05) is 49.1 Å². The quantitative estimate of drug-likeness (QED) is 0.277. The van der Waals surface area contributed by atoms with E-state index < -0.39 is 4.92 Å². The number of hydrogen-bond donors (Lipinski definition) is 0. The number of nitro groups is 1. The van der Waals surface area contributed by atoms with Crippen molar-refractivity contribution in [3.8, 4) is 11.3 Å². The Kier molecular flexibility index (Phi) is 6.79. The lowest BCUT2D eigenvalue weighted by molar-refractivity contribution is -0.384. The van der Waals surface area contributed by atoms with Gasteiger partial charge in [0.05, 0.1) is 16.3 Å². The van der Waals surface area contributed by atoms with E-state index in [1.807, 2.05) is 22.4 Å². The van der Waals surface area contributed by atoms with Crippen LogP contribution in [-0.2, 0) is 11.3 Å². The zero-order valence-electron chi connectivity index (χ0n) is 18.3. The van der Waals surface area contributed by atoms with E-state index in [0.29, 0.717) is 25.1 Å². The highest BCUT2D eigenvalue weighted by atomic mass is 32.1. The van der Waals surface area contributed by atoms with Gasteiger partial charge in [-0.2, -0.15) is 0 Å². The molecule has 0 unspecified atom stereocenters. The van der Waals surface area contributed by atoms with Crippen LogP contribution in [0.1, 0.15) is 36.5 Å². The number of carbonyl (C=O) groups is 2. The molecule has 1 aliphatic rings. The van der Waals surface area contributed by atoms with Gasteiger partial charge in [-0.1, -0.05) is 0 Å². The molecule has 9 heteroatoms. The van der Waals surface area contributed by atoms with Crippen LogP contribution in [0.5, 0.6) is 0 Å². The van der Waals surface area contributed by atoms with E-state index >= 15 is 0 Å². The van der Waals surface area contributed by atoms with Gasteiger partial charge < -0.3 is 9.47 Å². The first-order chi connectivity index (χ1) is 15.9. The zero-order chi connectivity index (χ0) is 23.4. The molecule has 1 amide bonds. The Labute approximate surface area is 195 Å². The fourth-order valence-electron chi connectivity index (χ4n) is 3.86. The van der Waals surface area contributed by atoms with Crippen molar-refractivity contribution in [3.05, 3.63) is 74.4 Å². The Morgan fingerprint density at radius 1 is 1.12 bits per heavy atom. The number of carbonyl (C=O) groups excluding carboxylic acids is 2. The number of benzene rings is 2. The van der Waals surface area contributed by atoms with Gasteiger partial charge >= 0.3 is 0 Å². The fourth-order valence-corrected chi connectivity index (χ4v) is 4.82. The normalized spacial score (nSPS) is 14.2. The van der Waals surface area contributed by atoms with E-state index in [1.54, 1.807) is 24.3 Å². The summed E-state index contributed by atoms with van der Waals surface area (Å²) in [5, 5.41) is 13.0. The van der Waals surface area contributed by atoms with Crippen molar-refractivity contribution in [2.45, 2.75) is 32.7 Å². The summed E-state index contributed by atoms with van der Waals surface area (Å²) in [4.78, 5) is 41.6. The largest absolute Gasteiger partial charge is 0.343 e. The summed E-state index contributed by atoms with van der Waals surface area (Å²) in [6, 6.07) is 13.6. The molecule has 1 saturated heterocycles. The Morgan fingerprint density at radius 3 is 2.45 bits per heavy atom. The molecule has 0 saturated carbocycles. The zero-order valence-corrected chi connectivity index (χ0v) is 19.1. The molecule has 170 valence electrons. The molecule has 3 aromatic rings. The Morgan fingerprint density at radius 2 is 1.85 bits per heavy atom. The number of Topliss-reactive ketones (excluding diaryl/α,β-unsaturated/α-hetero) is 1. The van der Waals surface area contributed by atoms with Gasteiger partial charge in [-0.15, -0.1) is 11.3 Å². The summed E-state index contributed by atoms with van der Waals surface area (Å²) in [6.45, 7) is 3.68. The second-order valence-electron chi connectivity index (χ2n) is 7.91. The molecule has 1 aromatic heterocycles. The van der Waals surface area contributed by atoms with Gasteiger partial charge in [-0.3, -0.25) is 19.7 Å². The number of aromatic nitrogens is 1. The van der Waals surface area contributed by atoms with Crippen LogP contribution in [0.3, 0.4) is 0 Å². The van der Waals surface area contributed by atoms with Crippen LogP contribution >= 0.6 is 11.3 Å². The Balaban J connectivity index is 1.65. The molecule has 0 bridgehead atoms. The number of nitrogens with zero attached hydrogens (tertiary/aromatic N) is 4. The maximum absolute atomic E-state index is 11.9. The van der Waals surface area contributed by atoms with Crippen molar-refractivity contribution in [3.63, 3.8) is 0 Å². The SMILES string of the molecule is CC(=O)c1ccc(N=c2scc(-c3ccc([N+](=O)[O-])cc3)n2CCCN2CCCC2=O)cc1. The third-order valence-corrected chi connectivity index (χ3v) is 6.51. The number of amides is 1. The molecule has 1 fully saturated rings. The molecule has 8 nitrogen and oxygen atoms in total. The van der Waals surface area contributed by atoms with Gasteiger partial charge in [0.15, 0.2) is 10.6 Å². The van der Waals surface area contributed by atoms with E-state index in [4.69, 9.17) is 4.99 Å². The second kappa shape index (κ2) is 9.91. The smallest absolute Gasteiger partial charge is 0.269 e. The van der Waals surface area contributed by atoms with Crippen molar-refractivity contribution in [1.29, 1.82) is 0 Å². The Hall–Kier alpha value is -3.59. The molecule has 0 aliphatic carbocycles. The van der Waals surface area contributed by atoms with E-state index in [0.717, 1.165) is 41.1 Å². The minimum absolute atomic E-state index is 0.00431. The molecule has 33 heavy (non-hydrogen) atoms. The molecule has 2 heterocycles. The van der Waals surface area contributed by atoms with Crippen molar-refractivity contribution in [2.24, 2.45) is 4.99 Å². The first kappa shape index (κ1) is 22.6. The fraction of sp³-hybridized carbons (Fsp3) is 0.292. The standard InChI is InChI=1S/C24H24N4O4S/c1-17(29)18-5-9-20(10-6-18)25-24-27(15-3-14-26-13-2-4-23(26)30)22(16-33-24)19-7-11-21(12-8-19)28(31)32/h5-12,16H,2-4,13-15H2,1H3. The summed E-state index contributed by atoms with van der Waals surface area (Å²) in [5.41, 5.74) is 3.20. The minimum atomic E-state index is -0.413. The summed E-state index contributed by atoms with van der Waals surface area (Å²) < 4.78 is 2.09. The monoisotopic (exact) mass is 464 g/mol. The summed E-state index contributed by atoms with van der Waals surface area (Å²) in [6.07, 6.45) is 2.31. The predicted octanol–water partition coefficient (Wildman–Crippen LogP) is 4.57. The van der Waals surface area contributed by atoms with Crippen LogP contribution < -0.4 is 4.80 Å². The van der Waals surface area contributed by atoms with Crippen molar-refractivity contribution < 1.29 is 14.5 Å². The third kappa shape index (κ3) is 5.25. The lowest BCUT2D eigenvalue weighted by Gasteiger charge is -2.16. The first-order valence-corrected chi connectivity index (χ1v) is 11.7. The lowest BCUT2D eigenvalue weighted by Crippen LogP contribution is -2.27. The molecule has 0 N–H and O–H groups in total. The number of rotatable bonds is 8. The summed E-state index contributed by atoms with van der Waals surface area (Å²) in [7, 11) is 0. The second-order valence-corrected chi connectivity index (χ2v) is 8.75. The Bertz CT molecular complexity index is 1240. The van der Waals surface area contributed by atoms with Gasteiger partial charge in [0.25, 0.3) is 5.69 Å². The number of nitro benzene ring substituents is 1. The lowest BCUT2D eigenvalue weighted by atomic mass is 10.1. The molecular formula is C24H24N4O4S. The van der Waals surface area contributed by atoms with Crippen LogP contribution in [0.15, 0.2) is 58.9 Å². The predicted molar refractivity (Wildman–Crippen MR) is 126 cm³/mol. The number of thiazole rings is 1. The average Bonchev–Trinajstić information content (AvgIpc) is 3.40. The summed E-state index contributed by atoms with van der Waals surface area (Å²) in [5.74, 6) is 0.209. The minimum Gasteiger partial charge on any atom is -0.343 e. The van der Waals surface area contributed by atoms with E-state index in [1.165, 1.54) is 30.4 Å². The summed E-state index contributed by atoms with van der Waals surface area (Å²) >= 11 is 1.49. The highest BCUT2D eigenvalue weighted by Gasteiger charge is 2.19. The number of non-ortho nitro benzene ring substituents is 1. The average molecular weight is 465 g/mol. The highest BCUT2D eigenvalue weighted by molar-refractivity contribution is 7.07. The van der Waals surface area contributed by atoms with Gasteiger partial charge in [-0.25, -0.2) is 4.99 Å². The van der Waals surface area contributed by atoms with Crippen LogP contribution in [0.2, 0.25) is 0 Å². The van der Waals surface area contributed by atoms with Crippen molar-refractivity contribution in [2.75, 3.05) is 13.1 Å². The van der Waals surface area contributed by atoms with Crippen LogP contribution in [0.4, 0.5) is 11.4 Å². The van der Waals surface area contributed by atoms with E-state index in [2.05, 4.69) is 4.57 Å². The van der Waals surface area contributed by atoms with Gasteiger partial charge in [0.2, 0.25) is 5.91 Å². The first-order valence-electron chi connectivity index (χ1n) is 10.8. The van der Waals surface area contributed by atoms with E-state index in [9.17, 15) is 19.7 Å². The van der Waals surface area contributed by atoms with Crippen molar-refractivity contribution >= 4 is 34.4 Å². The van der Waals surface area contributed by atoms with Gasteiger partial charge in [0.1, 0.15) is 0 Å². The number of ketones is 1. The third-order valence-electron chi connectivity index (χ3n) is 5.65. The van der Waals surface area contributed by atoms with Crippen molar-refractivity contribution in [1.82, 2.24) is 9.47 Å². The molecule has 2 aromatic carbocycles. The maximum atomic E-state index is 11.9. The van der Waals surface area contributed by atoms with Gasteiger partial charge in [-0.05, 0) is 61.7 Å². The number of hydrogen-bond acceptors (Lipinski definition) is 6. The topological polar surface area (TPSA) is 97.8 Å². The molecule has 0 atom stereocenters. The highest BCUT2D eigenvalue weighted by Crippen LogP contribution is 2.24. The number of likely N-dealkylation sites (tertiary alicyclic amines) is 1. The van der Waals surface area contributed by atoms with Crippen LogP contribution in [0.25, 0.3) is 11.3 Å². The molecular weight excluding hydrogens is 440 g/mol.